The third-order valence-corrected chi connectivity index (χ3v) is 4.32. The number of halogens is 2. The highest BCUT2D eigenvalue weighted by atomic mass is 35.5. The molecule has 1 aromatic carbocycles. The highest BCUT2D eigenvalue weighted by molar-refractivity contribution is 6.31. The average Bonchev–Trinajstić information content (AvgIpc) is 3.21. The number of nitrogens with zero attached hydrogens (tertiary/aromatic N) is 2. The number of ether oxygens (including phenoxy) is 1. The van der Waals surface area contributed by atoms with Gasteiger partial charge in [-0.1, -0.05) is 17.7 Å². The second kappa shape index (κ2) is 6.64. The summed E-state index contributed by atoms with van der Waals surface area (Å²) in [6.07, 6.45) is 2.71. The lowest BCUT2D eigenvalue weighted by atomic mass is 10.1. The van der Waals surface area contributed by atoms with E-state index < -0.39 is 11.7 Å². The number of carbonyl (C=O) groups is 1. The molecule has 2 aromatic rings. The summed E-state index contributed by atoms with van der Waals surface area (Å²) in [5.74, 6) is -0.526. The van der Waals surface area contributed by atoms with Crippen molar-refractivity contribution in [1.82, 2.24) is 20.5 Å². The number of carbonyl (C=O) groups excluding carboxylic acids is 1. The molecule has 6 nitrogen and oxygen atoms in total. The van der Waals surface area contributed by atoms with Crippen LogP contribution in [0.2, 0.25) is 5.02 Å². The van der Waals surface area contributed by atoms with E-state index in [1.807, 2.05) is 0 Å². The number of aromatic amines is 1. The highest BCUT2D eigenvalue weighted by Crippen LogP contribution is 2.30. The Hall–Kier alpha value is -1.99. The molecule has 23 heavy (non-hydrogen) atoms. The molecule has 2 atom stereocenters. The molecule has 0 aliphatic carbocycles. The third kappa shape index (κ3) is 3.35. The van der Waals surface area contributed by atoms with Crippen LogP contribution in [-0.2, 0) is 4.74 Å². The molecule has 0 unspecified atom stereocenters. The monoisotopic (exact) mass is 338 g/mol. The summed E-state index contributed by atoms with van der Waals surface area (Å²) < 4.78 is 19.8. The summed E-state index contributed by atoms with van der Waals surface area (Å²) in [5, 5.41) is 9.22. The van der Waals surface area contributed by atoms with E-state index >= 15 is 0 Å². The fourth-order valence-electron chi connectivity index (χ4n) is 2.55. The normalized spacial score (nSPS) is 20.7. The van der Waals surface area contributed by atoms with Crippen LogP contribution in [-0.4, -0.2) is 33.7 Å². The zero-order valence-corrected chi connectivity index (χ0v) is 13.2. The first kappa shape index (κ1) is 15.9. The Balaban J connectivity index is 1.57. The van der Waals surface area contributed by atoms with Crippen molar-refractivity contribution in [3.05, 3.63) is 46.3 Å². The average molecular weight is 339 g/mol. The number of hydrogen-bond acceptors (Lipinski definition) is 4. The molecule has 0 radical (unpaired) electrons. The molecule has 122 valence electrons. The molecule has 3 rings (SSSR count). The van der Waals surface area contributed by atoms with Crippen LogP contribution < -0.4 is 5.32 Å². The Kier molecular flexibility index (Phi) is 4.58. The van der Waals surface area contributed by atoms with Crippen molar-refractivity contribution < 1.29 is 13.9 Å². The Morgan fingerprint density at radius 1 is 1.52 bits per heavy atom. The largest absolute Gasteiger partial charge is 0.365 e. The maximum Gasteiger partial charge on any atom is 0.254 e. The summed E-state index contributed by atoms with van der Waals surface area (Å²) >= 11 is 5.83. The van der Waals surface area contributed by atoms with Crippen LogP contribution in [0.5, 0.6) is 0 Å². The smallest absolute Gasteiger partial charge is 0.254 e. The SMILES string of the molecule is Cc1ccc(C(=O)NC[C@H]2CC[C@@H](c3ncn[nH]3)O2)c(F)c1Cl. The van der Waals surface area contributed by atoms with Gasteiger partial charge in [0.25, 0.3) is 5.91 Å². The minimum Gasteiger partial charge on any atom is -0.365 e. The van der Waals surface area contributed by atoms with Crippen LogP contribution >= 0.6 is 11.6 Å². The second-order valence-corrected chi connectivity index (χ2v) is 5.84. The Morgan fingerprint density at radius 2 is 2.35 bits per heavy atom. The van der Waals surface area contributed by atoms with E-state index in [0.717, 1.165) is 12.8 Å². The van der Waals surface area contributed by atoms with Crippen molar-refractivity contribution in [1.29, 1.82) is 0 Å². The topological polar surface area (TPSA) is 79.9 Å². The van der Waals surface area contributed by atoms with Gasteiger partial charge in [0.1, 0.15) is 12.4 Å². The van der Waals surface area contributed by atoms with E-state index in [0.29, 0.717) is 17.9 Å². The molecular weight excluding hydrogens is 323 g/mol. The van der Waals surface area contributed by atoms with Gasteiger partial charge < -0.3 is 10.1 Å². The van der Waals surface area contributed by atoms with Crippen LogP contribution in [0.1, 0.15) is 40.7 Å². The molecular formula is C15H16ClFN4O2. The Bertz CT molecular complexity index is 708. The molecule has 0 spiro atoms. The van der Waals surface area contributed by atoms with E-state index in [1.54, 1.807) is 13.0 Å². The summed E-state index contributed by atoms with van der Waals surface area (Å²) in [5.41, 5.74) is 0.528. The van der Waals surface area contributed by atoms with Crippen molar-refractivity contribution >= 4 is 17.5 Å². The van der Waals surface area contributed by atoms with Gasteiger partial charge in [0, 0.05) is 6.54 Å². The third-order valence-electron chi connectivity index (χ3n) is 3.86. The molecule has 1 aliphatic heterocycles. The highest BCUT2D eigenvalue weighted by Gasteiger charge is 2.29. The van der Waals surface area contributed by atoms with E-state index in [4.69, 9.17) is 16.3 Å². The van der Waals surface area contributed by atoms with Crippen molar-refractivity contribution in [2.45, 2.75) is 32.0 Å². The van der Waals surface area contributed by atoms with Crippen molar-refractivity contribution in [3.63, 3.8) is 0 Å². The van der Waals surface area contributed by atoms with Crippen LogP contribution in [0, 0.1) is 12.7 Å². The first-order valence-electron chi connectivity index (χ1n) is 7.29. The lowest BCUT2D eigenvalue weighted by molar-refractivity contribution is 0.0392. The number of aryl methyl sites for hydroxylation is 1. The van der Waals surface area contributed by atoms with Crippen LogP contribution in [0.4, 0.5) is 4.39 Å². The molecule has 1 saturated heterocycles. The van der Waals surface area contributed by atoms with Crippen LogP contribution in [0.3, 0.4) is 0 Å². The minimum atomic E-state index is -0.698. The molecule has 2 heterocycles. The molecule has 1 amide bonds. The van der Waals surface area contributed by atoms with Gasteiger partial charge in [-0.3, -0.25) is 9.89 Å². The standard InChI is InChI=1S/C15H16ClFN4O2/c1-8-2-4-10(13(17)12(8)16)15(22)18-6-9-3-5-11(23-9)14-19-7-20-21-14/h2,4,7,9,11H,3,5-6H2,1H3,(H,18,22)(H,19,20,21)/t9-,11+/m1/s1. The molecule has 1 fully saturated rings. The number of hydrogen-bond donors (Lipinski definition) is 2. The first-order chi connectivity index (χ1) is 11.1. The molecule has 1 aromatic heterocycles. The van der Waals surface area contributed by atoms with Crippen molar-refractivity contribution in [2.75, 3.05) is 6.54 Å². The molecule has 8 heteroatoms. The van der Waals surface area contributed by atoms with Crippen molar-refractivity contribution in [3.8, 4) is 0 Å². The Labute approximate surface area is 137 Å². The lowest BCUT2D eigenvalue weighted by Crippen LogP contribution is -2.32. The molecule has 1 aliphatic rings. The van der Waals surface area contributed by atoms with E-state index in [1.165, 1.54) is 12.4 Å². The maximum absolute atomic E-state index is 14.0. The number of nitrogens with one attached hydrogen (secondary N) is 2. The minimum absolute atomic E-state index is 0.0276. The fourth-order valence-corrected chi connectivity index (χ4v) is 2.71. The maximum atomic E-state index is 14.0. The van der Waals surface area contributed by atoms with Gasteiger partial charge in [-0.05, 0) is 31.4 Å². The zero-order chi connectivity index (χ0) is 16.4. The van der Waals surface area contributed by atoms with Gasteiger partial charge in [-0.2, -0.15) is 5.10 Å². The fraction of sp³-hybridized carbons (Fsp3) is 0.400. The van der Waals surface area contributed by atoms with Gasteiger partial charge in [0.2, 0.25) is 0 Å². The van der Waals surface area contributed by atoms with Gasteiger partial charge in [0.15, 0.2) is 11.6 Å². The van der Waals surface area contributed by atoms with E-state index in [2.05, 4.69) is 20.5 Å². The first-order valence-corrected chi connectivity index (χ1v) is 7.67. The predicted octanol–water partition coefficient (Wildman–Crippen LogP) is 2.56. The van der Waals surface area contributed by atoms with Crippen LogP contribution in [0.25, 0.3) is 0 Å². The molecule has 0 saturated carbocycles. The molecule has 2 N–H and O–H groups in total. The zero-order valence-electron chi connectivity index (χ0n) is 12.5. The predicted molar refractivity (Wildman–Crippen MR) is 81.7 cm³/mol. The number of H-pyrrole nitrogens is 1. The number of amides is 1. The van der Waals surface area contributed by atoms with Gasteiger partial charge in [-0.15, -0.1) is 0 Å². The summed E-state index contributed by atoms with van der Waals surface area (Å²) in [7, 11) is 0. The summed E-state index contributed by atoms with van der Waals surface area (Å²) in [6.45, 7) is 1.98. The molecule has 0 bridgehead atoms. The van der Waals surface area contributed by atoms with E-state index in [9.17, 15) is 9.18 Å². The number of rotatable bonds is 4. The number of benzene rings is 1. The summed E-state index contributed by atoms with van der Waals surface area (Å²) in [4.78, 5) is 16.2. The van der Waals surface area contributed by atoms with Crippen LogP contribution in [0.15, 0.2) is 18.5 Å². The van der Waals surface area contributed by atoms with E-state index in [-0.39, 0.29) is 22.8 Å². The number of aromatic nitrogens is 3. The lowest BCUT2D eigenvalue weighted by Gasteiger charge is -2.13. The van der Waals surface area contributed by atoms with Gasteiger partial charge in [-0.25, -0.2) is 9.37 Å². The Morgan fingerprint density at radius 3 is 3.09 bits per heavy atom. The van der Waals surface area contributed by atoms with Gasteiger partial charge >= 0.3 is 0 Å². The van der Waals surface area contributed by atoms with Crippen molar-refractivity contribution in [2.24, 2.45) is 0 Å². The second-order valence-electron chi connectivity index (χ2n) is 5.46. The summed E-state index contributed by atoms with van der Waals surface area (Å²) in [6, 6.07) is 3.05. The van der Waals surface area contributed by atoms with Gasteiger partial charge in [0.05, 0.1) is 16.7 Å². The quantitative estimate of drug-likeness (QED) is 0.897.